The van der Waals surface area contributed by atoms with E-state index in [1.165, 1.54) is 19.3 Å². The normalized spacial score (nSPS) is 28.3. The van der Waals surface area contributed by atoms with Gasteiger partial charge < -0.3 is 15.4 Å². The number of rotatable bonds is 5. The molecule has 4 nitrogen and oxygen atoms in total. The van der Waals surface area contributed by atoms with Crippen LogP contribution in [0.4, 0.5) is 0 Å². The van der Waals surface area contributed by atoms with Crippen molar-refractivity contribution in [1.82, 2.24) is 15.5 Å². The third kappa shape index (κ3) is 5.63. The van der Waals surface area contributed by atoms with Crippen LogP contribution in [0, 0.1) is 5.92 Å². The molecular formula is C14H27N3OS. The first-order valence-corrected chi connectivity index (χ1v) is 7.99. The molecule has 1 heterocycles. The number of nitrogens with one attached hydrogen (secondary N) is 2. The highest BCUT2D eigenvalue weighted by Crippen LogP contribution is 2.24. The van der Waals surface area contributed by atoms with Crippen molar-refractivity contribution in [3.05, 3.63) is 0 Å². The Morgan fingerprint density at radius 3 is 2.79 bits per heavy atom. The molecule has 1 saturated heterocycles. The van der Waals surface area contributed by atoms with Gasteiger partial charge in [-0.2, -0.15) is 0 Å². The lowest BCUT2D eigenvalue weighted by Gasteiger charge is -2.26. The Labute approximate surface area is 122 Å². The first-order chi connectivity index (χ1) is 9.24. The summed E-state index contributed by atoms with van der Waals surface area (Å²) in [6.07, 6.45) is 4.99. The van der Waals surface area contributed by atoms with Gasteiger partial charge in [-0.15, -0.1) is 0 Å². The van der Waals surface area contributed by atoms with Crippen LogP contribution in [0.25, 0.3) is 0 Å². The minimum atomic E-state index is 0.592. The van der Waals surface area contributed by atoms with Crippen molar-refractivity contribution < 1.29 is 4.74 Å². The van der Waals surface area contributed by atoms with Gasteiger partial charge in [0.25, 0.3) is 0 Å². The standard InChI is InChI=1S/C14H27N3OS/c1-12-3-4-13(11-12)16-14(19)15-5-2-6-17-7-9-18-10-8-17/h12-13H,2-11H2,1H3,(H2,15,16,19). The van der Waals surface area contributed by atoms with Crippen LogP contribution in [0.15, 0.2) is 0 Å². The van der Waals surface area contributed by atoms with E-state index in [2.05, 4.69) is 22.5 Å². The first-order valence-electron chi connectivity index (χ1n) is 7.58. The zero-order valence-electron chi connectivity index (χ0n) is 12.0. The van der Waals surface area contributed by atoms with Crippen molar-refractivity contribution in [2.24, 2.45) is 5.92 Å². The minimum Gasteiger partial charge on any atom is -0.379 e. The van der Waals surface area contributed by atoms with Gasteiger partial charge in [-0.25, -0.2) is 0 Å². The first kappa shape index (κ1) is 15.0. The fourth-order valence-corrected chi connectivity index (χ4v) is 3.17. The third-order valence-corrected chi connectivity index (χ3v) is 4.33. The number of thiocarbonyl (C=S) groups is 1. The second-order valence-corrected chi connectivity index (χ2v) is 6.23. The lowest BCUT2D eigenvalue weighted by molar-refractivity contribution is 0.0376. The highest BCUT2D eigenvalue weighted by Gasteiger charge is 2.21. The fourth-order valence-electron chi connectivity index (χ4n) is 2.90. The van der Waals surface area contributed by atoms with Gasteiger partial charge in [-0.3, -0.25) is 4.90 Å². The van der Waals surface area contributed by atoms with E-state index in [0.29, 0.717) is 6.04 Å². The summed E-state index contributed by atoms with van der Waals surface area (Å²) in [5, 5.41) is 7.60. The summed E-state index contributed by atoms with van der Waals surface area (Å²) in [4.78, 5) is 2.46. The molecule has 2 N–H and O–H groups in total. The molecule has 0 aromatic carbocycles. The van der Waals surface area contributed by atoms with E-state index in [0.717, 1.165) is 56.8 Å². The summed E-state index contributed by atoms with van der Waals surface area (Å²) < 4.78 is 5.34. The molecule has 1 aliphatic carbocycles. The summed E-state index contributed by atoms with van der Waals surface area (Å²) in [7, 11) is 0. The molecule has 0 radical (unpaired) electrons. The van der Waals surface area contributed by atoms with E-state index in [-0.39, 0.29) is 0 Å². The lowest BCUT2D eigenvalue weighted by Crippen LogP contribution is -2.42. The summed E-state index contributed by atoms with van der Waals surface area (Å²) in [5.74, 6) is 0.849. The number of hydrogen-bond acceptors (Lipinski definition) is 3. The van der Waals surface area contributed by atoms with Gasteiger partial charge in [0.2, 0.25) is 0 Å². The predicted molar refractivity (Wildman–Crippen MR) is 82.4 cm³/mol. The number of morpholine rings is 1. The second kappa shape index (κ2) is 8.02. The summed E-state index contributed by atoms with van der Waals surface area (Å²) in [5.41, 5.74) is 0. The maximum Gasteiger partial charge on any atom is 0.166 e. The third-order valence-electron chi connectivity index (χ3n) is 4.07. The van der Waals surface area contributed by atoms with Crippen molar-refractivity contribution in [3.8, 4) is 0 Å². The van der Waals surface area contributed by atoms with E-state index in [4.69, 9.17) is 17.0 Å². The van der Waals surface area contributed by atoms with Gasteiger partial charge >= 0.3 is 0 Å². The predicted octanol–water partition coefficient (Wildman–Crippen LogP) is 1.36. The van der Waals surface area contributed by atoms with Crippen molar-refractivity contribution in [2.75, 3.05) is 39.4 Å². The van der Waals surface area contributed by atoms with Crippen LogP contribution < -0.4 is 10.6 Å². The van der Waals surface area contributed by atoms with Crippen LogP contribution in [0.1, 0.15) is 32.6 Å². The van der Waals surface area contributed by atoms with E-state index < -0.39 is 0 Å². The molecule has 110 valence electrons. The van der Waals surface area contributed by atoms with Crippen molar-refractivity contribution in [3.63, 3.8) is 0 Å². The Morgan fingerprint density at radius 2 is 2.11 bits per heavy atom. The topological polar surface area (TPSA) is 36.5 Å². The van der Waals surface area contributed by atoms with Gasteiger partial charge in [0.15, 0.2) is 5.11 Å². The van der Waals surface area contributed by atoms with Gasteiger partial charge in [0.05, 0.1) is 13.2 Å². The van der Waals surface area contributed by atoms with E-state index in [1.54, 1.807) is 0 Å². The van der Waals surface area contributed by atoms with Gasteiger partial charge in [0.1, 0.15) is 0 Å². The SMILES string of the molecule is CC1CCC(NC(=S)NCCCN2CCOCC2)C1. The molecule has 19 heavy (non-hydrogen) atoms. The molecule has 2 fully saturated rings. The fraction of sp³-hybridized carbons (Fsp3) is 0.929. The molecule has 0 bridgehead atoms. The molecule has 0 spiro atoms. The second-order valence-electron chi connectivity index (χ2n) is 5.82. The van der Waals surface area contributed by atoms with Gasteiger partial charge in [-0.1, -0.05) is 6.92 Å². The lowest BCUT2D eigenvalue weighted by atomic mass is 10.1. The molecule has 2 unspecified atom stereocenters. The highest BCUT2D eigenvalue weighted by molar-refractivity contribution is 7.80. The van der Waals surface area contributed by atoms with Crippen LogP contribution in [-0.4, -0.2) is 55.4 Å². The Bertz CT molecular complexity index is 282. The molecule has 0 aromatic heterocycles. The Kier molecular flexibility index (Phi) is 6.34. The monoisotopic (exact) mass is 285 g/mol. The summed E-state index contributed by atoms with van der Waals surface area (Å²) >= 11 is 5.34. The van der Waals surface area contributed by atoms with Crippen molar-refractivity contribution in [2.45, 2.75) is 38.6 Å². The van der Waals surface area contributed by atoms with Crippen LogP contribution in [0.3, 0.4) is 0 Å². The molecule has 5 heteroatoms. The zero-order chi connectivity index (χ0) is 13.5. The van der Waals surface area contributed by atoms with E-state index >= 15 is 0 Å². The number of hydrogen-bond donors (Lipinski definition) is 2. The zero-order valence-corrected chi connectivity index (χ0v) is 12.8. The van der Waals surface area contributed by atoms with Crippen molar-refractivity contribution >= 4 is 17.3 Å². The Morgan fingerprint density at radius 1 is 1.32 bits per heavy atom. The Hall–Kier alpha value is -0.390. The molecule has 2 atom stereocenters. The highest BCUT2D eigenvalue weighted by atomic mass is 32.1. The van der Waals surface area contributed by atoms with Crippen LogP contribution >= 0.6 is 12.2 Å². The molecule has 0 amide bonds. The van der Waals surface area contributed by atoms with Gasteiger partial charge in [0, 0.05) is 25.7 Å². The van der Waals surface area contributed by atoms with Crippen molar-refractivity contribution in [1.29, 1.82) is 0 Å². The number of nitrogens with zero attached hydrogens (tertiary/aromatic N) is 1. The molecule has 1 aliphatic heterocycles. The van der Waals surface area contributed by atoms with Crippen LogP contribution in [0.5, 0.6) is 0 Å². The average Bonchev–Trinajstić information content (AvgIpc) is 2.81. The van der Waals surface area contributed by atoms with Crippen LogP contribution in [0.2, 0.25) is 0 Å². The Balaban J connectivity index is 1.49. The molecule has 1 saturated carbocycles. The molecular weight excluding hydrogens is 258 g/mol. The summed E-state index contributed by atoms with van der Waals surface area (Å²) in [6, 6.07) is 0.592. The van der Waals surface area contributed by atoms with E-state index in [1.807, 2.05) is 0 Å². The maximum atomic E-state index is 5.34. The molecule has 2 aliphatic rings. The summed E-state index contributed by atoms with van der Waals surface area (Å²) in [6.45, 7) is 8.33. The minimum absolute atomic E-state index is 0.592. The van der Waals surface area contributed by atoms with Gasteiger partial charge in [-0.05, 0) is 50.4 Å². The molecule has 2 rings (SSSR count). The largest absolute Gasteiger partial charge is 0.379 e. The maximum absolute atomic E-state index is 5.34. The number of ether oxygens (including phenoxy) is 1. The average molecular weight is 285 g/mol. The quantitative estimate of drug-likeness (QED) is 0.589. The smallest absolute Gasteiger partial charge is 0.166 e. The molecule has 0 aromatic rings. The van der Waals surface area contributed by atoms with E-state index in [9.17, 15) is 0 Å². The van der Waals surface area contributed by atoms with Crippen LogP contribution in [-0.2, 0) is 4.74 Å².